The Bertz CT molecular complexity index is 768. The second kappa shape index (κ2) is 8.12. The highest BCUT2D eigenvalue weighted by atomic mass is 16.2. The van der Waals surface area contributed by atoms with Crippen molar-refractivity contribution in [3.63, 3.8) is 0 Å². The minimum absolute atomic E-state index is 0.0111. The van der Waals surface area contributed by atoms with Crippen molar-refractivity contribution in [2.45, 2.75) is 33.2 Å². The van der Waals surface area contributed by atoms with Gasteiger partial charge in [-0.1, -0.05) is 19.1 Å². The maximum atomic E-state index is 12.8. The minimum atomic E-state index is 0.0111. The molecule has 7 heteroatoms. The van der Waals surface area contributed by atoms with Gasteiger partial charge in [-0.3, -0.25) is 9.59 Å². The number of hydrogen-bond acceptors (Lipinski definition) is 4. The van der Waals surface area contributed by atoms with Crippen LogP contribution in [0.5, 0.6) is 0 Å². The summed E-state index contributed by atoms with van der Waals surface area (Å²) in [5.74, 6) is 0.898. The molecule has 26 heavy (non-hydrogen) atoms. The first kappa shape index (κ1) is 18.1. The maximum absolute atomic E-state index is 12.8. The smallest absolute Gasteiger partial charge is 0.253 e. The van der Waals surface area contributed by atoms with E-state index in [9.17, 15) is 9.59 Å². The largest absolute Gasteiger partial charge is 0.341 e. The third-order valence-corrected chi connectivity index (χ3v) is 4.67. The number of carbonyl (C=O) groups excluding carboxylic acids is 2. The van der Waals surface area contributed by atoms with E-state index in [1.165, 1.54) is 0 Å². The van der Waals surface area contributed by atoms with Gasteiger partial charge in [-0.2, -0.15) is 5.10 Å². The van der Waals surface area contributed by atoms with E-state index < -0.39 is 0 Å². The molecule has 0 aliphatic carbocycles. The predicted octanol–water partition coefficient (Wildman–Crippen LogP) is 2.05. The molecule has 0 radical (unpaired) electrons. The topological polar surface area (TPSA) is 71.3 Å². The highest BCUT2D eigenvalue weighted by molar-refractivity contribution is 5.94. The van der Waals surface area contributed by atoms with E-state index in [0.717, 1.165) is 30.8 Å². The van der Waals surface area contributed by atoms with Gasteiger partial charge < -0.3 is 9.80 Å². The highest BCUT2D eigenvalue weighted by Crippen LogP contribution is 2.18. The van der Waals surface area contributed by atoms with Crippen molar-refractivity contribution in [3.05, 3.63) is 36.2 Å². The summed E-state index contributed by atoms with van der Waals surface area (Å²) in [5, 5.41) is 4.24. The Labute approximate surface area is 153 Å². The number of hydrogen-bond donors (Lipinski definition) is 0. The molecule has 0 spiro atoms. The minimum Gasteiger partial charge on any atom is -0.341 e. The molecule has 2 amide bonds. The first-order valence-electron chi connectivity index (χ1n) is 9.13. The van der Waals surface area contributed by atoms with E-state index in [2.05, 4.69) is 17.0 Å². The number of aryl methyl sites for hydroxylation is 1. The van der Waals surface area contributed by atoms with Crippen LogP contribution in [-0.4, -0.2) is 62.6 Å². The van der Waals surface area contributed by atoms with Crippen molar-refractivity contribution in [2.24, 2.45) is 0 Å². The predicted molar refractivity (Wildman–Crippen MR) is 98.5 cm³/mol. The maximum Gasteiger partial charge on any atom is 0.253 e. The molecule has 0 atom stereocenters. The number of amides is 2. The molecule has 0 unspecified atom stereocenters. The second-order valence-corrected chi connectivity index (χ2v) is 6.54. The van der Waals surface area contributed by atoms with Gasteiger partial charge >= 0.3 is 0 Å². The van der Waals surface area contributed by atoms with Crippen LogP contribution in [0.4, 0.5) is 0 Å². The SMILES string of the molecule is CCCn1ncnc1-c1ccc(C(=O)N2CCCN(C(C)=O)CC2)cc1. The zero-order valence-electron chi connectivity index (χ0n) is 15.4. The number of benzene rings is 1. The van der Waals surface area contributed by atoms with E-state index >= 15 is 0 Å². The zero-order chi connectivity index (χ0) is 18.5. The van der Waals surface area contributed by atoms with Gasteiger partial charge in [-0.05, 0) is 25.0 Å². The lowest BCUT2D eigenvalue weighted by Gasteiger charge is -2.21. The van der Waals surface area contributed by atoms with Gasteiger partial charge in [0.25, 0.3) is 5.91 Å². The number of rotatable bonds is 4. The summed E-state index contributed by atoms with van der Waals surface area (Å²) in [5.41, 5.74) is 1.61. The summed E-state index contributed by atoms with van der Waals surface area (Å²) in [6, 6.07) is 7.53. The lowest BCUT2D eigenvalue weighted by molar-refractivity contribution is -0.128. The van der Waals surface area contributed by atoms with Crippen molar-refractivity contribution >= 4 is 11.8 Å². The average molecular weight is 355 g/mol. The molecule has 1 aromatic heterocycles. The van der Waals surface area contributed by atoms with Crippen LogP contribution in [0, 0.1) is 0 Å². The summed E-state index contributed by atoms with van der Waals surface area (Å²) >= 11 is 0. The Morgan fingerprint density at radius 3 is 2.42 bits per heavy atom. The third kappa shape index (κ3) is 3.92. The van der Waals surface area contributed by atoms with E-state index in [0.29, 0.717) is 31.7 Å². The van der Waals surface area contributed by atoms with Gasteiger partial charge in [0, 0.05) is 50.8 Å². The monoisotopic (exact) mass is 355 g/mol. The van der Waals surface area contributed by atoms with Gasteiger partial charge in [0.05, 0.1) is 0 Å². The summed E-state index contributed by atoms with van der Waals surface area (Å²) in [6.07, 6.45) is 3.35. The van der Waals surface area contributed by atoms with Crippen LogP contribution in [0.1, 0.15) is 37.0 Å². The fourth-order valence-electron chi connectivity index (χ4n) is 3.24. The number of nitrogens with zero attached hydrogens (tertiary/aromatic N) is 5. The molecule has 138 valence electrons. The number of carbonyl (C=O) groups is 2. The van der Waals surface area contributed by atoms with Crippen LogP contribution in [0.2, 0.25) is 0 Å². The molecule has 1 saturated heterocycles. The Hall–Kier alpha value is -2.70. The van der Waals surface area contributed by atoms with Crippen LogP contribution in [0.15, 0.2) is 30.6 Å². The van der Waals surface area contributed by atoms with Crippen LogP contribution in [0.3, 0.4) is 0 Å². The molecule has 1 fully saturated rings. The standard InChI is InChI=1S/C19H25N5O2/c1-3-9-24-18(20-14-21-24)16-5-7-17(8-6-16)19(26)23-11-4-10-22(12-13-23)15(2)25/h5-8,14H,3-4,9-13H2,1-2H3. The van der Waals surface area contributed by atoms with Crippen molar-refractivity contribution in [1.29, 1.82) is 0 Å². The normalized spacial score (nSPS) is 15.0. The second-order valence-electron chi connectivity index (χ2n) is 6.54. The fourth-order valence-corrected chi connectivity index (χ4v) is 3.24. The first-order valence-corrected chi connectivity index (χ1v) is 9.13. The molecule has 2 heterocycles. The van der Waals surface area contributed by atoms with E-state index in [-0.39, 0.29) is 11.8 Å². The van der Waals surface area contributed by atoms with Crippen LogP contribution < -0.4 is 0 Å². The highest BCUT2D eigenvalue weighted by Gasteiger charge is 2.21. The molecule has 0 bridgehead atoms. The fraction of sp³-hybridized carbons (Fsp3) is 0.474. The van der Waals surface area contributed by atoms with Crippen LogP contribution >= 0.6 is 0 Å². The summed E-state index contributed by atoms with van der Waals surface area (Å²) in [7, 11) is 0. The van der Waals surface area contributed by atoms with Crippen molar-refractivity contribution in [1.82, 2.24) is 24.6 Å². The van der Waals surface area contributed by atoms with Crippen LogP contribution in [0.25, 0.3) is 11.4 Å². The van der Waals surface area contributed by atoms with E-state index in [4.69, 9.17) is 0 Å². The summed E-state index contributed by atoms with van der Waals surface area (Å²) in [6.45, 7) is 7.05. The van der Waals surface area contributed by atoms with E-state index in [1.807, 2.05) is 33.8 Å². The molecule has 3 rings (SSSR count). The molecular weight excluding hydrogens is 330 g/mol. The van der Waals surface area contributed by atoms with Gasteiger partial charge in [0.1, 0.15) is 6.33 Å². The van der Waals surface area contributed by atoms with Gasteiger partial charge in [0.2, 0.25) is 5.91 Å². The lowest BCUT2D eigenvalue weighted by atomic mass is 10.1. The lowest BCUT2D eigenvalue weighted by Crippen LogP contribution is -2.36. The summed E-state index contributed by atoms with van der Waals surface area (Å²) < 4.78 is 1.88. The zero-order valence-corrected chi connectivity index (χ0v) is 15.4. The van der Waals surface area contributed by atoms with Gasteiger partial charge in [-0.25, -0.2) is 9.67 Å². The molecule has 1 aliphatic heterocycles. The third-order valence-electron chi connectivity index (χ3n) is 4.67. The molecule has 2 aromatic rings. The Morgan fingerprint density at radius 1 is 1.04 bits per heavy atom. The van der Waals surface area contributed by atoms with Crippen molar-refractivity contribution in [2.75, 3.05) is 26.2 Å². The molecule has 0 N–H and O–H groups in total. The molecule has 7 nitrogen and oxygen atoms in total. The van der Waals surface area contributed by atoms with Gasteiger partial charge in [0.15, 0.2) is 5.82 Å². The molecule has 1 aliphatic rings. The Kier molecular flexibility index (Phi) is 5.65. The van der Waals surface area contributed by atoms with Crippen LogP contribution in [-0.2, 0) is 11.3 Å². The first-order chi connectivity index (χ1) is 12.6. The molecule has 1 aromatic carbocycles. The van der Waals surface area contributed by atoms with Gasteiger partial charge in [-0.15, -0.1) is 0 Å². The molecule has 0 saturated carbocycles. The average Bonchev–Trinajstić information content (AvgIpc) is 2.96. The van der Waals surface area contributed by atoms with Crippen molar-refractivity contribution in [3.8, 4) is 11.4 Å². The summed E-state index contributed by atoms with van der Waals surface area (Å²) in [4.78, 5) is 32.3. The Balaban J connectivity index is 1.71. The Morgan fingerprint density at radius 2 is 1.73 bits per heavy atom. The molecular formula is C19H25N5O2. The van der Waals surface area contributed by atoms with E-state index in [1.54, 1.807) is 18.2 Å². The number of aromatic nitrogens is 3. The quantitative estimate of drug-likeness (QED) is 0.841. The van der Waals surface area contributed by atoms with Crippen molar-refractivity contribution < 1.29 is 9.59 Å².